The van der Waals surface area contributed by atoms with Crippen LogP contribution in [0.1, 0.15) is 63.6 Å². The monoisotopic (exact) mass is 830 g/mol. The van der Waals surface area contributed by atoms with Crippen molar-refractivity contribution in [1.29, 1.82) is 0 Å². The normalized spacial score (nSPS) is 12.8. The zero-order valence-corrected chi connectivity index (χ0v) is 35.3. The third-order valence-electron chi connectivity index (χ3n) is 9.53. The molecule has 0 fully saturated rings. The van der Waals surface area contributed by atoms with Crippen molar-refractivity contribution >= 4 is 34.4 Å². The van der Waals surface area contributed by atoms with Gasteiger partial charge < -0.3 is 49.8 Å². The van der Waals surface area contributed by atoms with Gasteiger partial charge in [-0.25, -0.2) is 4.98 Å². The Balaban J connectivity index is 1.25. The first-order valence-corrected chi connectivity index (χ1v) is 20.7. The standard InChI is InChI=1S/C46H62N4O10/c1-32(2)18-21-56-22-23-57-24-25-58-26-27-59-28-29-60-41-16-15-37(38-8-5-6-9-39(38)41)35-11-13-36(14-12-35)40(31-44(53)54)49-46(55)45(34(4)51)50-43(52)10-7-19-47-42-30-33(3)17-20-48-42/h5-6,8-9,11-17,20,30,32,34,40,45,51H,7,10,18-19,21-29,31H2,1-4H3,(H,47,48)(H,49,55)(H,50,52)(H,53,54)/t34-,40+,45+/m1/s1. The highest BCUT2D eigenvalue weighted by Crippen LogP contribution is 2.35. The van der Waals surface area contributed by atoms with E-state index in [9.17, 15) is 24.6 Å². The number of aryl methyl sites for hydroxylation is 1. The first-order chi connectivity index (χ1) is 29.0. The number of carbonyl (C=O) groups is 3. The number of hydrogen-bond donors (Lipinski definition) is 5. The molecule has 0 aliphatic heterocycles. The minimum atomic E-state index is -1.28. The molecule has 60 heavy (non-hydrogen) atoms. The molecule has 0 bridgehead atoms. The van der Waals surface area contributed by atoms with Crippen LogP contribution >= 0.6 is 0 Å². The zero-order chi connectivity index (χ0) is 43.1. The molecule has 4 rings (SSSR count). The van der Waals surface area contributed by atoms with Crippen LogP contribution in [0.5, 0.6) is 5.75 Å². The lowest BCUT2D eigenvalue weighted by Crippen LogP contribution is -2.53. The summed E-state index contributed by atoms with van der Waals surface area (Å²) in [5.74, 6) is -0.168. The van der Waals surface area contributed by atoms with Crippen LogP contribution in [0.3, 0.4) is 0 Å². The second-order valence-electron chi connectivity index (χ2n) is 15.0. The Hall–Kier alpha value is -5.12. The van der Waals surface area contributed by atoms with Crippen molar-refractivity contribution in [1.82, 2.24) is 15.6 Å². The van der Waals surface area contributed by atoms with Crippen LogP contribution in [0, 0.1) is 12.8 Å². The molecular weight excluding hydrogens is 769 g/mol. The van der Waals surface area contributed by atoms with E-state index in [1.165, 1.54) is 6.92 Å². The number of anilines is 1. The molecule has 5 N–H and O–H groups in total. The number of carboxylic acids is 1. The summed E-state index contributed by atoms with van der Waals surface area (Å²) in [5.41, 5.74) is 3.44. The summed E-state index contributed by atoms with van der Waals surface area (Å²) in [5, 5.41) is 30.5. The number of fused-ring (bicyclic) bond motifs is 1. The first kappa shape index (κ1) is 47.6. The molecular formula is C46H62N4O10. The third-order valence-corrected chi connectivity index (χ3v) is 9.53. The van der Waals surface area contributed by atoms with Crippen molar-refractivity contribution in [3.63, 3.8) is 0 Å². The average Bonchev–Trinajstić information content (AvgIpc) is 3.22. The zero-order valence-electron chi connectivity index (χ0n) is 35.3. The van der Waals surface area contributed by atoms with Crippen molar-refractivity contribution in [2.75, 3.05) is 71.3 Å². The van der Waals surface area contributed by atoms with Gasteiger partial charge in [-0.05, 0) is 78.4 Å². The number of aromatic nitrogens is 1. The Morgan fingerprint density at radius 3 is 2.00 bits per heavy atom. The topological polar surface area (TPSA) is 187 Å². The average molecular weight is 831 g/mol. The van der Waals surface area contributed by atoms with Crippen molar-refractivity contribution in [3.8, 4) is 16.9 Å². The Bertz CT molecular complexity index is 1910. The number of nitrogens with one attached hydrogen (secondary N) is 3. The van der Waals surface area contributed by atoms with Crippen LogP contribution < -0.4 is 20.7 Å². The van der Waals surface area contributed by atoms with Crippen molar-refractivity contribution in [2.24, 2.45) is 5.92 Å². The van der Waals surface area contributed by atoms with Crippen molar-refractivity contribution < 1.29 is 48.3 Å². The minimum Gasteiger partial charge on any atom is -0.491 e. The largest absolute Gasteiger partial charge is 0.491 e. The third kappa shape index (κ3) is 16.9. The molecule has 0 aliphatic rings. The SMILES string of the molecule is Cc1ccnc(NCCCC(=O)N[C@H](C(=O)N[C@@H](CC(=O)O)c2ccc(-c3ccc(OCCOCCOCCOCCOCCC(C)C)c4ccccc34)cc2)[C@@H](C)O)c1. The van der Waals surface area contributed by atoms with E-state index in [0.717, 1.165) is 46.2 Å². The molecule has 0 saturated heterocycles. The number of aliphatic carboxylic acids is 1. The molecule has 3 aromatic carbocycles. The van der Waals surface area contributed by atoms with Gasteiger partial charge in [0.2, 0.25) is 11.8 Å². The maximum Gasteiger partial charge on any atom is 0.305 e. The molecule has 1 aromatic heterocycles. The van der Waals surface area contributed by atoms with Gasteiger partial charge in [0.25, 0.3) is 0 Å². The Kier molecular flexibility index (Phi) is 20.7. The van der Waals surface area contributed by atoms with E-state index in [-0.39, 0.29) is 6.42 Å². The molecule has 0 radical (unpaired) electrons. The molecule has 4 aromatic rings. The van der Waals surface area contributed by atoms with Gasteiger partial charge >= 0.3 is 5.97 Å². The number of amides is 2. The van der Waals surface area contributed by atoms with E-state index in [1.54, 1.807) is 18.3 Å². The number of carbonyl (C=O) groups excluding carboxylic acids is 2. The molecule has 1 heterocycles. The maximum absolute atomic E-state index is 13.4. The molecule has 2 amide bonds. The van der Waals surface area contributed by atoms with Crippen LogP contribution in [0.25, 0.3) is 21.9 Å². The fraction of sp³-hybridized carbons (Fsp3) is 0.478. The summed E-state index contributed by atoms with van der Waals surface area (Å²) in [6.07, 6.45) is 1.69. The van der Waals surface area contributed by atoms with Gasteiger partial charge in [0.05, 0.1) is 64.8 Å². The van der Waals surface area contributed by atoms with Gasteiger partial charge in [-0.15, -0.1) is 0 Å². The van der Waals surface area contributed by atoms with Gasteiger partial charge in [-0.1, -0.05) is 68.4 Å². The van der Waals surface area contributed by atoms with Crippen LogP contribution in [0.15, 0.2) is 79.0 Å². The number of benzene rings is 3. The van der Waals surface area contributed by atoms with E-state index in [2.05, 4.69) is 34.8 Å². The Labute approximate surface area is 353 Å². The number of hydrogen-bond acceptors (Lipinski definition) is 11. The second-order valence-corrected chi connectivity index (χ2v) is 15.0. The van der Waals surface area contributed by atoms with Crippen LogP contribution in [0.4, 0.5) is 5.82 Å². The van der Waals surface area contributed by atoms with Crippen molar-refractivity contribution in [2.45, 2.75) is 71.6 Å². The van der Waals surface area contributed by atoms with E-state index >= 15 is 0 Å². The van der Waals surface area contributed by atoms with E-state index in [0.29, 0.717) is 83.1 Å². The van der Waals surface area contributed by atoms with E-state index < -0.39 is 42.4 Å². The molecule has 326 valence electrons. The number of rotatable bonds is 29. The lowest BCUT2D eigenvalue weighted by molar-refractivity contribution is -0.138. The molecule has 0 saturated carbocycles. The van der Waals surface area contributed by atoms with Gasteiger partial charge in [0, 0.05) is 31.2 Å². The number of aliphatic hydroxyl groups excluding tert-OH is 1. The molecule has 0 spiro atoms. The maximum atomic E-state index is 13.4. The number of carboxylic acid groups (broad SMARTS) is 1. The fourth-order valence-corrected chi connectivity index (χ4v) is 6.27. The smallest absolute Gasteiger partial charge is 0.305 e. The highest BCUT2D eigenvalue weighted by atomic mass is 16.6. The second kappa shape index (κ2) is 26.2. The molecule has 0 unspecified atom stereocenters. The summed E-state index contributed by atoms with van der Waals surface area (Å²) in [6, 6.07) is 20.7. The minimum absolute atomic E-state index is 0.106. The first-order valence-electron chi connectivity index (χ1n) is 20.7. The lowest BCUT2D eigenvalue weighted by atomic mass is 9.95. The quantitative estimate of drug-likeness (QED) is 0.0397. The highest BCUT2D eigenvalue weighted by molar-refractivity contribution is 6.00. The van der Waals surface area contributed by atoms with E-state index in [4.69, 9.17) is 23.7 Å². The lowest BCUT2D eigenvalue weighted by Gasteiger charge is -2.25. The number of ether oxygens (including phenoxy) is 5. The molecule has 0 aliphatic carbocycles. The highest BCUT2D eigenvalue weighted by Gasteiger charge is 2.29. The van der Waals surface area contributed by atoms with Crippen LogP contribution in [0.2, 0.25) is 0 Å². The van der Waals surface area contributed by atoms with Gasteiger partial charge in [0.1, 0.15) is 24.2 Å². The molecule has 14 heteroatoms. The molecule has 14 nitrogen and oxygen atoms in total. The van der Waals surface area contributed by atoms with Crippen molar-refractivity contribution in [3.05, 3.63) is 90.1 Å². The number of pyridine rings is 1. The summed E-state index contributed by atoms with van der Waals surface area (Å²) < 4.78 is 28.4. The van der Waals surface area contributed by atoms with Crippen LogP contribution in [-0.2, 0) is 33.3 Å². The van der Waals surface area contributed by atoms with Gasteiger partial charge in [0.15, 0.2) is 0 Å². The Morgan fingerprint density at radius 2 is 1.38 bits per heavy atom. The Morgan fingerprint density at radius 1 is 0.750 bits per heavy atom. The van der Waals surface area contributed by atoms with E-state index in [1.807, 2.05) is 67.6 Å². The molecule has 3 atom stereocenters. The van der Waals surface area contributed by atoms with Gasteiger partial charge in [-0.3, -0.25) is 14.4 Å². The predicted octanol–water partition coefficient (Wildman–Crippen LogP) is 6.09. The summed E-state index contributed by atoms with van der Waals surface area (Å²) in [7, 11) is 0. The summed E-state index contributed by atoms with van der Waals surface area (Å²) in [4.78, 5) is 42.3. The number of nitrogens with zero attached hydrogens (tertiary/aromatic N) is 1. The summed E-state index contributed by atoms with van der Waals surface area (Å²) >= 11 is 0. The number of aliphatic hydroxyl groups is 1. The predicted molar refractivity (Wildman–Crippen MR) is 231 cm³/mol. The fourth-order valence-electron chi connectivity index (χ4n) is 6.27. The summed E-state index contributed by atoms with van der Waals surface area (Å²) in [6.45, 7) is 12.8. The van der Waals surface area contributed by atoms with Gasteiger partial charge in [-0.2, -0.15) is 0 Å². The van der Waals surface area contributed by atoms with Crippen LogP contribution in [-0.4, -0.2) is 111 Å².